The molecule has 6 heteroatoms. The van der Waals surface area contributed by atoms with E-state index in [0.29, 0.717) is 0 Å². The predicted molar refractivity (Wildman–Crippen MR) is 55.7 cm³/mol. The van der Waals surface area contributed by atoms with E-state index in [9.17, 15) is 13.2 Å². The van der Waals surface area contributed by atoms with Crippen molar-refractivity contribution in [3.63, 3.8) is 0 Å². The molecule has 0 atom stereocenters. The number of benzene rings is 1. The monoisotopic (exact) mass is 336 g/mol. The van der Waals surface area contributed by atoms with Crippen LogP contribution >= 0.6 is 34.2 Å². The van der Waals surface area contributed by atoms with Gasteiger partial charge in [-0.2, -0.15) is 13.2 Å². The first-order valence-electron chi connectivity index (χ1n) is 3.46. The fraction of sp³-hybridized carbons (Fsp3) is 0.250. The summed E-state index contributed by atoms with van der Waals surface area (Å²) in [5.74, 6) is 0.0272. The van der Waals surface area contributed by atoms with Gasteiger partial charge in [0.1, 0.15) is 5.75 Å². The molecule has 78 valence electrons. The van der Waals surface area contributed by atoms with Crippen LogP contribution in [0.15, 0.2) is 12.1 Å². The lowest BCUT2D eigenvalue weighted by atomic mass is 10.2. The molecule has 0 heterocycles. The van der Waals surface area contributed by atoms with Crippen molar-refractivity contribution < 1.29 is 17.9 Å². The maximum Gasteiger partial charge on any atom is 0.417 e. The number of ether oxygens (including phenoxy) is 1. The Labute approximate surface area is 97.3 Å². The van der Waals surface area contributed by atoms with E-state index < -0.39 is 11.7 Å². The largest absolute Gasteiger partial charge is 0.495 e. The Morgan fingerprint density at radius 3 is 2.36 bits per heavy atom. The van der Waals surface area contributed by atoms with E-state index >= 15 is 0 Å². The molecule has 0 aliphatic rings. The zero-order valence-electron chi connectivity index (χ0n) is 6.95. The summed E-state index contributed by atoms with van der Waals surface area (Å²) in [4.78, 5) is 0. The van der Waals surface area contributed by atoms with Crippen molar-refractivity contribution in [1.82, 2.24) is 0 Å². The Kier molecular flexibility index (Phi) is 3.52. The van der Waals surface area contributed by atoms with E-state index in [1.54, 1.807) is 22.6 Å². The lowest BCUT2D eigenvalue weighted by molar-refractivity contribution is -0.138. The molecular weight excluding hydrogens is 331 g/mol. The molecule has 1 aromatic carbocycles. The molecule has 1 aromatic rings. The molecule has 0 amide bonds. The van der Waals surface area contributed by atoms with E-state index in [-0.39, 0.29) is 14.3 Å². The number of hydrogen-bond donors (Lipinski definition) is 0. The lowest BCUT2D eigenvalue weighted by Gasteiger charge is -2.11. The summed E-state index contributed by atoms with van der Waals surface area (Å²) in [6.07, 6.45) is -4.38. The number of rotatable bonds is 1. The summed E-state index contributed by atoms with van der Waals surface area (Å²) in [6, 6.07) is 2.12. The summed E-state index contributed by atoms with van der Waals surface area (Å²) in [6.45, 7) is 0. The summed E-state index contributed by atoms with van der Waals surface area (Å²) >= 11 is 7.24. The molecule has 1 nitrogen and oxygen atoms in total. The third-order valence-corrected chi connectivity index (χ3v) is 2.73. The number of halogens is 5. The highest BCUT2D eigenvalue weighted by Crippen LogP contribution is 2.38. The van der Waals surface area contributed by atoms with Crippen LogP contribution in [0.1, 0.15) is 5.56 Å². The van der Waals surface area contributed by atoms with Crippen LogP contribution in [0.3, 0.4) is 0 Å². The van der Waals surface area contributed by atoms with Crippen LogP contribution in [0.25, 0.3) is 0 Å². The molecule has 0 aromatic heterocycles. The number of hydrogen-bond acceptors (Lipinski definition) is 1. The Balaban J connectivity index is 3.32. The minimum Gasteiger partial charge on any atom is -0.495 e. The van der Waals surface area contributed by atoms with Crippen molar-refractivity contribution in [2.24, 2.45) is 0 Å². The van der Waals surface area contributed by atoms with Gasteiger partial charge in [-0.1, -0.05) is 11.6 Å². The van der Waals surface area contributed by atoms with Crippen molar-refractivity contribution in [1.29, 1.82) is 0 Å². The van der Waals surface area contributed by atoms with Crippen LogP contribution in [0, 0.1) is 3.57 Å². The van der Waals surface area contributed by atoms with E-state index in [1.807, 2.05) is 0 Å². The SMILES string of the molecule is COc1cc(C(F)(F)F)c(I)cc1Cl. The highest BCUT2D eigenvalue weighted by molar-refractivity contribution is 14.1. The second kappa shape index (κ2) is 4.14. The molecule has 0 aliphatic carbocycles. The maximum atomic E-state index is 12.4. The topological polar surface area (TPSA) is 9.23 Å². The predicted octanol–water partition coefficient (Wildman–Crippen LogP) is 3.97. The van der Waals surface area contributed by atoms with Gasteiger partial charge in [-0.3, -0.25) is 0 Å². The number of alkyl halides is 3. The second-order valence-electron chi connectivity index (χ2n) is 2.46. The molecular formula is C8H5ClF3IO. The molecule has 0 unspecified atom stereocenters. The average molecular weight is 336 g/mol. The molecule has 0 N–H and O–H groups in total. The Hall–Kier alpha value is -0.170. The summed E-state index contributed by atoms with van der Waals surface area (Å²) in [5.41, 5.74) is -0.737. The minimum atomic E-state index is -4.38. The van der Waals surface area contributed by atoms with Gasteiger partial charge in [0.15, 0.2) is 0 Å². The summed E-state index contributed by atoms with van der Waals surface area (Å²) < 4.78 is 41.9. The average Bonchev–Trinajstić information content (AvgIpc) is 2.02. The van der Waals surface area contributed by atoms with Crippen LogP contribution in [-0.2, 0) is 6.18 Å². The van der Waals surface area contributed by atoms with Gasteiger partial charge >= 0.3 is 6.18 Å². The van der Waals surface area contributed by atoms with Crippen molar-refractivity contribution in [3.8, 4) is 5.75 Å². The maximum absolute atomic E-state index is 12.4. The van der Waals surface area contributed by atoms with Gasteiger partial charge in [0.2, 0.25) is 0 Å². The smallest absolute Gasteiger partial charge is 0.417 e. The van der Waals surface area contributed by atoms with Crippen LogP contribution in [-0.4, -0.2) is 7.11 Å². The molecule has 0 bridgehead atoms. The Bertz CT molecular complexity index is 351. The highest BCUT2D eigenvalue weighted by atomic mass is 127. The molecule has 0 fully saturated rings. The number of methoxy groups -OCH3 is 1. The van der Waals surface area contributed by atoms with Crippen molar-refractivity contribution in [3.05, 3.63) is 26.3 Å². The zero-order chi connectivity index (χ0) is 10.9. The van der Waals surface area contributed by atoms with Crippen molar-refractivity contribution in [2.75, 3.05) is 7.11 Å². The van der Waals surface area contributed by atoms with Gasteiger partial charge in [-0.25, -0.2) is 0 Å². The standard InChI is InChI=1S/C8H5ClF3IO/c1-14-7-2-4(8(10,11)12)6(13)3-5(7)9/h2-3H,1H3. The minimum absolute atomic E-state index is 0.0272. The van der Waals surface area contributed by atoms with E-state index in [1.165, 1.54) is 13.2 Å². The molecule has 0 aliphatic heterocycles. The third kappa shape index (κ3) is 2.44. The normalized spacial score (nSPS) is 11.6. The molecule has 0 spiro atoms. The molecule has 1 rings (SSSR count). The fourth-order valence-electron chi connectivity index (χ4n) is 0.903. The third-order valence-electron chi connectivity index (χ3n) is 1.55. The quantitative estimate of drug-likeness (QED) is 0.705. The first kappa shape index (κ1) is 11.9. The van der Waals surface area contributed by atoms with Crippen LogP contribution in [0.5, 0.6) is 5.75 Å². The molecule has 0 saturated carbocycles. The van der Waals surface area contributed by atoms with Gasteiger partial charge in [-0.05, 0) is 34.7 Å². The molecule has 14 heavy (non-hydrogen) atoms. The lowest BCUT2D eigenvalue weighted by Crippen LogP contribution is -2.07. The van der Waals surface area contributed by atoms with Crippen LogP contribution in [0.4, 0.5) is 13.2 Å². The summed E-state index contributed by atoms with van der Waals surface area (Å²) in [5, 5.41) is 0.171. The fourth-order valence-corrected chi connectivity index (χ4v) is 2.10. The van der Waals surface area contributed by atoms with Crippen molar-refractivity contribution >= 4 is 34.2 Å². The highest BCUT2D eigenvalue weighted by Gasteiger charge is 2.33. The first-order chi connectivity index (χ1) is 6.36. The van der Waals surface area contributed by atoms with Gasteiger partial charge in [-0.15, -0.1) is 0 Å². The Morgan fingerprint density at radius 1 is 1.36 bits per heavy atom. The van der Waals surface area contributed by atoms with Gasteiger partial charge < -0.3 is 4.74 Å². The summed E-state index contributed by atoms with van der Waals surface area (Å²) in [7, 11) is 1.27. The molecule has 0 radical (unpaired) electrons. The second-order valence-corrected chi connectivity index (χ2v) is 4.03. The molecule has 0 saturated heterocycles. The van der Waals surface area contributed by atoms with E-state index in [2.05, 4.69) is 0 Å². The Morgan fingerprint density at radius 2 is 1.93 bits per heavy atom. The van der Waals surface area contributed by atoms with Gasteiger partial charge in [0.25, 0.3) is 0 Å². The first-order valence-corrected chi connectivity index (χ1v) is 4.92. The van der Waals surface area contributed by atoms with Gasteiger partial charge in [0.05, 0.1) is 17.7 Å². The van der Waals surface area contributed by atoms with Crippen LogP contribution < -0.4 is 4.74 Å². The van der Waals surface area contributed by atoms with Crippen molar-refractivity contribution in [2.45, 2.75) is 6.18 Å². The van der Waals surface area contributed by atoms with Crippen LogP contribution in [0.2, 0.25) is 5.02 Å². The van der Waals surface area contributed by atoms with E-state index in [4.69, 9.17) is 16.3 Å². The van der Waals surface area contributed by atoms with E-state index in [0.717, 1.165) is 6.07 Å². The zero-order valence-corrected chi connectivity index (χ0v) is 9.87. The van der Waals surface area contributed by atoms with Gasteiger partial charge in [0, 0.05) is 3.57 Å².